The highest BCUT2D eigenvalue weighted by molar-refractivity contribution is 5.82. The maximum absolute atomic E-state index is 13.0. The van der Waals surface area contributed by atoms with Gasteiger partial charge >= 0.3 is 0 Å². The molecule has 1 heterocycles. The van der Waals surface area contributed by atoms with E-state index < -0.39 is 0 Å². The first-order valence-electron chi connectivity index (χ1n) is 7.42. The number of hydrogen-bond donors (Lipinski definition) is 3. The van der Waals surface area contributed by atoms with E-state index in [9.17, 15) is 9.18 Å². The summed E-state index contributed by atoms with van der Waals surface area (Å²) in [7, 11) is 0. The Bertz CT molecular complexity index is 498. The monoisotopic (exact) mass is 294 g/mol. The normalized spacial score (nSPS) is 22.4. The minimum Gasteiger partial charge on any atom is -0.326 e. The van der Waals surface area contributed by atoms with Crippen molar-refractivity contribution in [3.63, 3.8) is 0 Å². The minimum atomic E-state index is -0.314. The lowest BCUT2D eigenvalue weighted by Crippen LogP contribution is -3.28. The Morgan fingerprint density at radius 2 is 2.05 bits per heavy atom. The third-order valence-corrected chi connectivity index (χ3v) is 3.83. The highest BCUT2D eigenvalue weighted by atomic mass is 19.1. The van der Waals surface area contributed by atoms with Crippen molar-refractivity contribution in [3.05, 3.63) is 35.6 Å². The Labute approximate surface area is 124 Å². The van der Waals surface area contributed by atoms with E-state index in [1.54, 1.807) is 17.0 Å². The summed E-state index contributed by atoms with van der Waals surface area (Å²) in [5, 5.41) is 3.87. The van der Waals surface area contributed by atoms with Crippen molar-refractivity contribution in [1.82, 2.24) is 5.43 Å². The van der Waals surface area contributed by atoms with Crippen molar-refractivity contribution in [2.75, 3.05) is 39.3 Å². The Kier molecular flexibility index (Phi) is 5.83. The van der Waals surface area contributed by atoms with Crippen molar-refractivity contribution >= 4 is 12.1 Å². The zero-order valence-corrected chi connectivity index (χ0v) is 12.4. The maximum Gasteiger partial charge on any atom is 0.295 e. The third kappa shape index (κ3) is 5.24. The van der Waals surface area contributed by atoms with Crippen LogP contribution in [-0.4, -0.2) is 51.4 Å². The van der Waals surface area contributed by atoms with E-state index in [-0.39, 0.29) is 11.7 Å². The fourth-order valence-electron chi connectivity index (χ4n) is 2.52. The van der Waals surface area contributed by atoms with Gasteiger partial charge < -0.3 is 9.80 Å². The zero-order valence-electron chi connectivity index (χ0n) is 12.4. The van der Waals surface area contributed by atoms with Crippen molar-refractivity contribution in [2.45, 2.75) is 6.92 Å². The minimum absolute atomic E-state index is 0.0994. The summed E-state index contributed by atoms with van der Waals surface area (Å²) in [6.45, 7) is 8.05. The molecule has 1 aliphatic rings. The molecule has 1 saturated heterocycles. The van der Waals surface area contributed by atoms with Gasteiger partial charge in [0.05, 0.1) is 12.8 Å². The molecule has 2 rings (SSSR count). The van der Waals surface area contributed by atoms with Crippen molar-refractivity contribution in [1.29, 1.82) is 0 Å². The Morgan fingerprint density at radius 3 is 2.71 bits per heavy atom. The molecule has 0 atom stereocenters. The van der Waals surface area contributed by atoms with Crippen LogP contribution in [0.2, 0.25) is 0 Å². The van der Waals surface area contributed by atoms with Gasteiger partial charge in [0.25, 0.3) is 5.91 Å². The number of hydrogen-bond acceptors (Lipinski definition) is 2. The molecule has 0 aliphatic carbocycles. The van der Waals surface area contributed by atoms with Crippen LogP contribution >= 0.6 is 0 Å². The number of hydrazone groups is 1. The molecule has 114 valence electrons. The van der Waals surface area contributed by atoms with Crippen molar-refractivity contribution in [3.8, 4) is 0 Å². The summed E-state index contributed by atoms with van der Waals surface area (Å²) in [5.74, 6) is -0.413. The molecule has 0 saturated carbocycles. The average Bonchev–Trinajstić information content (AvgIpc) is 2.48. The molecule has 1 amide bonds. The number of nitrogens with zero attached hydrogens (tertiary/aromatic N) is 1. The smallest absolute Gasteiger partial charge is 0.295 e. The quantitative estimate of drug-likeness (QED) is 0.430. The topological polar surface area (TPSA) is 50.3 Å². The van der Waals surface area contributed by atoms with Crippen LogP contribution in [0.4, 0.5) is 4.39 Å². The predicted molar refractivity (Wildman–Crippen MR) is 78.9 cm³/mol. The van der Waals surface area contributed by atoms with Crippen LogP contribution in [0.5, 0.6) is 0 Å². The van der Waals surface area contributed by atoms with Crippen LogP contribution in [0.15, 0.2) is 29.4 Å². The van der Waals surface area contributed by atoms with E-state index in [1.807, 2.05) is 0 Å². The van der Waals surface area contributed by atoms with Gasteiger partial charge in [0.2, 0.25) is 0 Å². The van der Waals surface area contributed by atoms with Gasteiger partial charge in [-0.2, -0.15) is 5.10 Å². The molecule has 0 spiro atoms. The second-order valence-corrected chi connectivity index (χ2v) is 5.38. The fourth-order valence-corrected chi connectivity index (χ4v) is 2.52. The number of benzene rings is 1. The lowest BCUT2D eigenvalue weighted by Gasteiger charge is -2.28. The van der Waals surface area contributed by atoms with Gasteiger partial charge in [-0.05, 0) is 24.6 Å². The molecule has 0 aromatic heterocycles. The molecule has 1 aromatic carbocycles. The first kappa shape index (κ1) is 15.6. The van der Waals surface area contributed by atoms with E-state index in [2.05, 4.69) is 17.5 Å². The van der Waals surface area contributed by atoms with Gasteiger partial charge in [-0.15, -0.1) is 0 Å². The Balaban J connectivity index is 1.72. The number of carbonyl (C=O) groups is 1. The number of nitrogens with one attached hydrogen (secondary N) is 3. The van der Waals surface area contributed by atoms with Crippen molar-refractivity contribution < 1.29 is 19.0 Å². The first-order valence-corrected chi connectivity index (χ1v) is 7.42. The van der Waals surface area contributed by atoms with E-state index >= 15 is 0 Å². The lowest BCUT2D eigenvalue weighted by molar-refractivity contribution is -1.01. The molecule has 0 bridgehead atoms. The molecule has 0 unspecified atom stereocenters. The summed E-state index contributed by atoms with van der Waals surface area (Å²) in [4.78, 5) is 14.7. The SMILES string of the molecule is CC[NH+]1CC[NH+](CC(=O)N/N=C\c2cccc(F)c2)CC1. The van der Waals surface area contributed by atoms with Gasteiger partial charge in [0.15, 0.2) is 6.54 Å². The van der Waals surface area contributed by atoms with E-state index in [0.717, 1.165) is 32.7 Å². The highest BCUT2D eigenvalue weighted by Gasteiger charge is 2.23. The molecule has 1 aliphatic heterocycles. The fraction of sp³-hybridized carbons (Fsp3) is 0.467. The van der Waals surface area contributed by atoms with Crippen LogP contribution in [0, 0.1) is 5.82 Å². The van der Waals surface area contributed by atoms with Crippen LogP contribution in [0.1, 0.15) is 12.5 Å². The van der Waals surface area contributed by atoms with E-state index in [4.69, 9.17) is 0 Å². The zero-order chi connectivity index (χ0) is 15.1. The summed E-state index contributed by atoms with van der Waals surface area (Å²) in [5.41, 5.74) is 3.13. The first-order chi connectivity index (χ1) is 10.2. The number of amides is 1. The molecule has 6 heteroatoms. The largest absolute Gasteiger partial charge is 0.326 e. The molecule has 0 radical (unpaired) electrons. The number of piperazine rings is 1. The van der Waals surface area contributed by atoms with Gasteiger partial charge in [0, 0.05) is 0 Å². The van der Waals surface area contributed by atoms with Gasteiger partial charge in [-0.25, -0.2) is 9.82 Å². The second kappa shape index (κ2) is 7.85. The Morgan fingerprint density at radius 1 is 1.33 bits per heavy atom. The summed E-state index contributed by atoms with van der Waals surface area (Å²) in [6.07, 6.45) is 1.45. The van der Waals surface area contributed by atoms with Crippen LogP contribution < -0.4 is 15.2 Å². The number of rotatable bonds is 5. The number of quaternary nitrogens is 2. The van der Waals surface area contributed by atoms with Crippen LogP contribution in [-0.2, 0) is 4.79 Å². The van der Waals surface area contributed by atoms with Gasteiger partial charge in [-0.3, -0.25) is 4.79 Å². The highest BCUT2D eigenvalue weighted by Crippen LogP contribution is 1.99. The van der Waals surface area contributed by atoms with Crippen molar-refractivity contribution in [2.24, 2.45) is 5.10 Å². The third-order valence-electron chi connectivity index (χ3n) is 3.83. The second-order valence-electron chi connectivity index (χ2n) is 5.38. The molecule has 1 aromatic rings. The number of carbonyl (C=O) groups excluding carboxylic acids is 1. The molecule has 21 heavy (non-hydrogen) atoms. The molecule has 3 N–H and O–H groups in total. The standard InChI is InChI=1S/C15H21FN4O/c1-2-19-6-8-20(9-7-19)12-15(21)18-17-11-13-4-3-5-14(16)10-13/h3-5,10-11H,2,6-9,12H2,1H3,(H,18,21)/p+2/b17-11-. The molecule has 1 fully saturated rings. The lowest BCUT2D eigenvalue weighted by atomic mass is 10.2. The summed E-state index contributed by atoms with van der Waals surface area (Å²) >= 11 is 0. The molecular weight excluding hydrogens is 271 g/mol. The van der Waals surface area contributed by atoms with Gasteiger partial charge in [0.1, 0.15) is 32.0 Å². The number of halogens is 1. The average molecular weight is 294 g/mol. The van der Waals surface area contributed by atoms with E-state index in [0.29, 0.717) is 12.1 Å². The predicted octanol–water partition coefficient (Wildman–Crippen LogP) is -1.92. The van der Waals surface area contributed by atoms with Crippen LogP contribution in [0.3, 0.4) is 0 Å². The Hall–Kier alpha value is -1.79. The van der Waals surface area contributed by atoms with Gasteiger partial charge in [-0.1, -0.05) is 12.1 Å². The summed E-state index contributed by atoms with van der Waals surface area (Å²) < 4.78 is 13.0. The molecule has 5 nitrogen and oxygen atoms in total. The molecular formula is C15H23FN4O+2. The summed E-state index contributed by atoms with van der Waals surface area (Å²) in [6, 6.07) is 6.08. The van der Waals surface area contributed by atoms with Crippen LogP contribution in [0.25, 0.3) is 0 Å². The maximum atomic E-state index is 13.0. The number of likely N-dealkylation sites (N-methyl/N-ethyl adjacent to an activating group) is 1. The van der Waals surface area contributed by atoms with E-state index in [1.165, 1.54) is 23.2 Å².